The molecule has 1 aliphatic heterocycles. The van der Waals surface area contributed by atoms with Crippen molar-refractivity contribution in [1.29, 1.82) is 0 Å². The van der Waals surface area contributed by atoms with Crippen LogP contribution < -0.4 is 5.32 Å². The van der Waals surface area contributed by atoms with Crippen LogP contribution in [0.15, 0.2) is 24.3 Å². The topological polar surface area (TPSA) is 32.3 Å². The predicted molar refractivity (Wildman–Crippen MR) is 84.2 cm³/mol. The Morgan fingerprint density at radius 2 is 2.05 bits per heavy atom. The highest BCUT2D eigenvalue weighted by Gasteiger charge is 2.26. The van der Waals surface area contributed by atoms with Gasteiger partial charge in [-0.05, 0) is 25.0 Å². The Kier molecular flexibility index (Phi) is 5.45. The molecule has 1 atom stereocenters. The Hall–Kier alpha value is -1.51. The summed E-state index contributed by atoms with van der Waals surface area (Å²) in [4.78, 5) is 14.8. The molecule has 1 amide bonds. The molecular formula is C17H26N2O. The molecule has 2 rings (SSSR count). The molecule has 3 heteroatoms. The first kappa shape index (κ1) is 14.9. The average Bonchev–Trinajstić information content (AvgIpc) is 2.64. The maximum atomic E-state index is 12.8. The SMILES string of the molecule is CCCCCC(CC)N1CCNc2ccccc2C1=O. The van der Waals surface area contributed by atoms with E-state index in [1.54, 1.807) is 0 Å². The highest BCUT2D eigenvalue weighted by Crippen LogP contribution is 2.23. The molecule has 0 bridgehead atoms. The van der Waals surface area contributed by atoms with Crippen molar-refractivity contribution in [3.8, 4) is 0 Å². The van der Waals surface area contributed by atoms with Crippen molar-refractivity contribution in [1.82, 2.24) is 4.90 Å². The minimum Gasteiger partial charge on any atom is -0.383 e. The van der Waals surface area contributed by atoms with Gasteiger partial charge in [-0.25, -0.2) is 0 Å². The van der Waals surface area contributed by atoms with E-state index in [0.29, 0.717) is 6.04 Å². The van der Waals surface area contributed by atoms with Gasteiger partial charge in [0.1, 0.15) is 0 Å². The molecule has 0 aromatic heterocycles. The summed E-state index contributed by atoms with van der Waals surface area (Å²) in [6.45, 7) is 6.05. The lowest BCUT2D eigenvalue weighted by atomic mass is 10.0. The van der Waals surface area contributed by atoms with Crippen LogP contribution in [0.3, 0.4) is 0 Å². The van der Waals surface area contributed by atoms with E-state index in [1.807, 2.05) is 24.3 Å². The number of hydrogen-bond acceptors (Lipinski definition) is 2. The number of anilines is 1. The monoisotopic (exact) mass is 274 g/mol. The van der Waals surface area contributed by atoms with Gasteiger partial charge in [0.05, 0.1) is 5.56 Å². The number of unbranched alkanes of at least 4 members (excludes halogenated alkanes) is 2. The van der Waals surface area contributed by atoms with Crippen molar-refractivity contribution in [2.75, 3.05) is 18.4 Å². The van der Waals surface area contributed by atoms with Gasteiger partial charge in [-0.15, -0.1) is 0 Å². The molecule has 20 heavy (non-hydrogen) atoms. The maximum Gasteiger partial charge on any atom is 0.256 e. The molecule has 0 saturated heterocycles. The van der Waals surface area contributed by atoms with E-state index in [-0.39, 0.29) is 5.91 Å². The molecule has 3 nitrogen and oxygen atoms in total. The predicted octanol–water partition coefficient (Wildman–Crippen LogP) is 3.91. The van der Waals surface area contributed by atoms with Crippen LogP contribution in [-0.2, 0) is 0 Å². The van der Waals surface area contributed by atoms with E-state index in [2.05, 4.69) is 24.1 Å². The lowest BCUT2D eigenvalue weighted by Crippen LogP contribution is -2.41. The molecular weight excluding hydrogens is 248 g/mol. The van der Waals surface area contributed by atoms with Crippen LogP contribution in [0.25, 0.3) is 0 Å². The zero-order valence-electron chi connectivity index (χ0n) is 12.7. The minimum atomic E-state index is 0.189. The number of benzene rings is 1. The van der Waals surface area contributed by atoms with Crippen LogP contribution in [0.2, 0.25) is 0 Å². The Labute approximate surface area is 122 Å². The molecule has 1 N–H and O–H groups in total. The van der Waals surface area contributed by atoms with E-state index in [0.717, 1.165) is 37.2 Å². The third-order valence-electron chi connectivity index (χ3n) is 4.14. The fourth-order valence-electron chi connectivity index (χ4n) is 2.95. The Bertz CT molecular complexity index is 444. The van der Waals surface area contributed by atoms with Crippen molar-refractivity contribution < 1.29 is 4.79 Å². The molecule has 1 aromatic rings. The van der Waals surface area contributed by atoms with Crippen LogP contribution in [0.4, 0.5) is 5.69 Å². The van der Waals surface area contributed by atoms with Gasteiger partial charge < -0.3 is 10.2 Å². The number of amides is 1. The van der Waals surface area contributed by atoms with Crippen molar-refractivity contribution in [2.45, 2.75) is 52.0 Å². The highest BCUT2D eigenvalue weighted by atomic mass is 16.2. The minimum absolute atomic E-state index is 0.189. The molecule has 0 radical (unpaired) electrons. The summed E-state index contributed by atoms with van der Waals surface area (Å²) in [5, 5.41) is 3.37. The standard InChI is InChI=1S/C17H26N2O/c1-3-5-6-9-14(4-2)19-13-12-18-16-11-8-7-10-15(16)17(19)20/h7-8,10-11,14,18H,3-6,9,12-13H2,1-2H3. The highest BCUT2D eigenvalue weighted by molar-refractivity contribution is 6.00. The molecule has 0 saturated carbocycles. The summed E-state index contributed by atoms with van der Waals surface area (Å²) < 4.78 is 0. The molecule has 1 aliphatic rings. The van der Waals surface area contributed by atoms with Gasteiger partial charge in [-0.3, -0.25) is 4.79 Å². The number of carbonyl (C=O) groups excluding carboxylic acids is 1. The van der Waals surface area contributed by atoms with E-state index >= 15 is 0 Å². The fraction of sp³-hybridized carbons (Fsp3) is 0.588. The summed E-state index contributed by atoms with van der Waals surface area (Å²) in [6.07, 6.45) is 5.87. The zero-order chi connectivity index (χ0) is 14.4. The molecule has 110 valence electrons. The number of para-hydroxylation sites is 1. The quantitative estimate of drug-likeness (QED) is 0.798. The maximum absolute atomic E-state index is 12.8. The van der Waals surface area contributed by atoms with E-state index in [1.165, 1.54) is 19.3 Å². The first-order valence-corrected chi connectivity index (χ1v) is 7.91. The van der Waals surface area contributed by atoms with Gasteiger partial charge in [0.15, 0.2) is 0 Å². The van der Waals surface area contributed by atoms with Crippen LogP contribution in [0, 0.1) is 0 Å². The zero-order valence-corrected chi connectivity index (χ0v) is 12.7. The van der Waals surface area contributed by atoms with Crippen LogP contribution >= 0.6 is 0 Å². The molecule has 1 unspecified atom stereocenters. The second-order valence-corrected chi connectivity index (χ2v) is 5.53. The normalized spacial score (nSPS) is 16.3. The van der Waals surface area contributed by atoms with Crippen molar-refractivity contribution in [2.24, 2.45) is 0 Å². The number of carbonyl (C=O) groups is 1. The molecule has 1 aromatic carbocycles. The van der Waals surface area contributed by atoms with E-state index < -0.39 is 0 Å². The van der Waals surface area contributed by atoms with Crippen LogP contribution in [-0.4, -0.2) is 29.9 Å². The molecule has 0 fully saturated rings. The second-order valence-electron chi connectivity index (χ2n) is 5.53. The number of nitrogens with zero attached hydrogens (tertiary/aromatic N) is 1. The lowest BCUT2D eigenvalue weighted by molar-refractivity contribution is 0.0676. The molecule has 0 aliphatic carbocycles. The van der Waals surface area contributed by atoms with Crippen LogP contribution in [0.1, 0.15) is 56.3 Å². The number of rotatable bonds is 6. The molecule has 0 spiro atoms. The van der Waals surface area contributed by atoms with Gasteiger partial charge in [-0.1, -0.05) is 45.2 Å². The summed E-state index contributed by atoms with van der Waals surface area (Å²) in [5.74, 6) is 0.189. The smallest absolute Gasteiger partial charge is 0.256 e. The van der Waals surface area contributed by atoms with Crippen molar-refractivity contribution in [3.05, 3.63) is 29.8 Å². The average molecular weight is 274 g/mol. The largest absolute Gasteiger partial charge is 0.383 e. The summed E-state index contributed by atoms with van der Waals surface area (Å²) in [7, 11) is 0. The summed E-state index contributed by atoms with van der Waals surface area (Å²) >= 11 is 0. The Morgan fingerprint density at radius 1 is 1.25 bits per heavy atom. The van der Waals surface area contributed by atoms with Gasteiger partial charge >= 0.3 is 0 Å². The van der Waals surface area contributed by atoms with Gasteiger partial charge in [0.2, 0.25) is 0 Å². The third kappa shape index (κ3) is 3.33. The fourth-order valence-corrected chi connectivity index (χ4v) is 2.95. The number of fused-ring (bicyclic) bond motifs is 1. The van der Waals surface area contributed by atoms with Gasteiger partial charge in [0, 0.05) is 24.8 Å². The third-order valence-corrected chi connectivity index (χ3v) is 4.14. The summed E-state index contributed by atoms with van der Waals surface area (Å²) in [5.41, 5.74) is 1.79. The van der Waals surface area contributed by atoms with Crippen LogP contribution in [0.5, 0.6) is 0 Å². The van der Waals surface area contributed by atoms with Gasteiger partial charge in [0.25, 0.3) is 5.91 Å². The van der Waals surface area contributed by atoms with Gasteiger partial charge in [-0.2, -0.15) is 0 Å². The van der Waals surface area contributed by atoms with Crippen molar-refractivity contribution in [3.63, 3.8) is 0 Å². The summed E-state index contributed by atoms with van der Waals surface area (Å²) in [6, 6.07) is 8.23. The first-order valence-electron chi connectivity index (χ1n) is 7.91. The first-order chi connectivity index (χ1) is 9.77. The number of nitrogens with one attached hydrogen (secondary N) is 1. The van der Waals surface area contributed by atoms with E-state index in [9.17, 15) is 4.79 Å². The van der Waals surface area contributed by atoms with E-state index in [4.69, 9.17) is 0 Å². The molecule has 1 heterocycles. The number of hydrogen-bond donors (Lipinski definition) is 1. The lowest BCUT2D eigenvalue weighted by Gasteiger charge is -2.30. The second kappa shape index (κ2) is 7.32. The Balaban J connectivity index is 2.13. The van der Waals surface area contributed by atoms with Crippen molar-refractivity contribution >= 4 is 11.6 Å². The Morgan fingerprint density at radius 3 is 2.80 bits per heavy atom.